The zero-order valence-electron chi connectivity index (χ0n) is 15.8. The summed E-state index contributed by atoms with van der Waals surface area (Å²) in [5, 5.41) is 3.34. The van der Waals surface area contributed by atoms with Gasteiger partial charge < -0.3 is 10.1 Å². The Balaban J connectivity index is 2.02. The van der Waals surface area contributed by atoms with Gasteiger partial charge in [0.2, 0.25) is 0 Å². The summed E-state index contributed by atoms with van der Waals surface area (Å²) >= 11 is 11.9. The topological polar surface area (TPSA) is 84.5 Å². The van der Waals surface area contributed by atoms with E-state index < -0.39 is 10.0 Å². The highest BCUT2D eigenvalue weighted by Gasteiger charge is 2.17. The number of carbonyl (C=O) groups is 1. The fraction of sp³-hybridized carbons (Fsp3) is 0.316. The molecule has 0 saturated heterocycles. The first kappa shape index (κ1) is 22.3. The Hall–Kier alpha value is -1.96. The van der Waals surface area contributed by atoms with Crippen LogP contribution in [0.3, 0.4) is 0 Å². The lowest BCUT2D eigenvalue weighted by Crippen LogP contribution is -2.35. The van der Waals surface area contributed by atoms with Crippen LogP contribution in [0.1, 0.15) is 20.8 Å². The number of rotatable bonds is 7. The Morgan fingerprint density at radius 1 is 1.07 bits per heavy atom. The normalized spacial score (nSPS) is 11.8. The average molecular weight is 445 g/mol. The van der Waals surface area contributed by atoms with Gasteiger partial charge in [0, 0.05) is 17.3 Å². The molecule has 0 bridgehead atoms. The van der Waals surface area contributed by atoms with Gasteiger partial charge in [-0.3, -0.25) is 9.52 Å². The van der Waals surface area contributed by atoms with E-state index in [1.165, 1.54) is 18.2 Å². The van der Waals surface area contributed by atoms with Crippen molar-refractivity contribution in [3.05, 3.63) is 52.5 Å². The summed E-state index contributed by atoms with van der Waals surface area (Å²) in [6, 6.07) is 10.3. The van der Waals surface area contributed by atoms with Gasteiger partial charge in [-0.2, -0.15) is 0 Å². The Bertz CT molecular complexity index is 939. The van der Waals surface area contributed by atoms with Crippen molar-refractivity contribution in [1.82, 2.24) is 5.32 Å². The van der Waals surface area contributed by atoms with Crippen LogP contribution in [0, 0.1) is 5.41 Å². The zero-order valence-corrected chi connectivity index (χ0v) is 18.1. The molecule has 0 aliphatic rings. The van der Waals surface area contributed by atoms with Crippen LogP contribution < -0.4 is 14.8 Å². The molecule has 0 fully saturated rings. The number of halogens is 2. The molecule has 0 aliphatic carbocycles. The molecule has 2 aromatic rings. The van der Waals surface area contributed by atoms with E-state index in [9.17, 15) is 13.2 Å². The first-order valence-corrected chi connectivity index (χ1v) is 10.7. The molecule has 0 radical (unpaired) electrons. The lowest BCUT2D eigenvalue weighted by molar-refractivity contribution is -0.123. The van der Waals surface area contributed by atoms with Crippen LogP contribution in [-0.2, 0) is 14.8 Å². The highest BCUT2D eigenvalue weighted by Crippen LogP contribution is 2.28. The van der Waals surface area contributed by atoms with E-state index in [4.69, 9.17) is 27.9 Å². The van der Waals surface area contributed by atoms with Crippen molar-refractivity contribution in [2.75, 3.05) is 17.9 Å². The van der Waals surface area contributed by atoms with Crippen LogP contribution in [0.2, 0.25) is 10.0 Å². The number of ether oxygens (including phenoxy) is 1. The molecule has 0 unspecified atom stereocenters. The third-order valence-corrected chi connectivity index (χ3v) is 5.41. The standard InChI is InChI=1S/C19H22Cl2N2O4S/c1-19(2,3)12-22-18(24)11-27-17-9-8-15(10-16(17)21)28(25,26)23-14-6-4-13(20)5-7-14/h4-10,23H,11-12H2,1-3H3,(H,22,24). The third kappa shape index (κ3) is 6.89. The fourth-order valence-corrected chi connectivity index (χ4v) is 3.57. The molecule has 2 rings (SSSR count). The summed E-state index contributed by atoms with van der Waals surface area (Å²) in [6.45, 7) is 6.30. The van der Waals surface area contributed by atoms with E-state index in [2.05, 4.69) is 10.0 Å². The molecule has 2 aromatic carbocycles. The Morgan fingerprint density at radius 2 is 1.71 bits per heavy atom. The molecular weight excluding hydrogens is 423 g/mol. The van der Waals surface area contributed by atoms with E-state index in [0.717, 1.165) is 0 Å². The molecule has 0 aromatic heterocycles. The van der Waals surface area contributed by atoms with Crippen LogP contribution >= 0.6 is 23.2 Å². The van der Waals surface area contributed by atoms with E-state index in [-0.39, 0.29) is 33.6 Å². The van der Waals surface area contributed by atoms with Crippen LogP contribution in [-0.4, -0.2) is 27.5 Å². The van der Waals surface area contributed by atoms with Gasteiger partial charge in [0.1, 0.15) is 5.75 Å². The van der Waals surface area contributed by atoms with Crippen molar-refractivity contribution >= 4 is 44.8 Å². The average Bonchev–Trinajstić information content (AvgIpc) is 2.60. The minimum atomic E-state index is -3.83. The van der Waals surface area contributed by atoms with E-state index in [0.29, 0.717) is 17.3 Å². The molecule has 6 nitrogen and oxygen atoms in total. The summed E-state index contributed by atoms with van der Waals surface area (Å²) in [7, 11) is -3.83. The number of carbonyl (C=O) groups excluding carboxylic acids is 1. The largest absolute Gasteiger partial charge is 0.482 e. The number of nitrogens with one attached hydrogen (secondary N) is 2. The predicted octanol–water partition coefficient (Wildman–Crippen LogP) is 4.34. The highest BCUT2D eigenvalue weighted by molar-refractivity contribution is 7.92. The summed E-state index contributed by atoms with van der Waals surface area (Å²) in [5.41, 5.74) is 0.330. The molecule has 0 saturated carbocycles. The van der Waals surface area contributed by atoms with Gasteiger partial charge >= 0.3 is 0 Å². The molecule has 0 atom stereocenters. The summed E-state index contributed by atoms with van der Waals surface area (Å²) in [6.07, 6.45) is 0. The fourth-order valence-electron chi connectivity index (χ4n) is 2.06. The van der Waals surface area contributed by atoms with Gasteiger partial charge in [-0.1, -0.05) is 44.0 Å². The molecule has 28 heavy (non-hydrogen) atoms. The molecule has 2 N–H and O–H groups in total. The second-order valence-electron chi connectivity index (χ2n) is 7.33. The maximum absolute atomic E-state index is 12.5. The first-order valence-electron chi connectivity index (χ1n) is 8.44. The molecule has 152 valence electrons. The van der Waals surface area contributed by atoms with Gasteiger partial charge in [-0.05, 0) is 47.9 Å². The molecule has 1 amide bonds. The van der Waals surface area contributed by atoms with Gasteiger partial charge in [0.15, 0.2) is 6.61 Å². The van der Waals surface area contributed by atoms with Crippen LogP contribution in [0.25, 0.3) is 0 Å². The van der Waals surface area contributed by atoms with Crippen LogP contribution in [0.4, 0.5) is 5.69 Å². The Labute approximate surface area is 175 Å². The lowest BCUT2D eigenvalue weighted by atomic mass is 9.97. The number of amides is 1. The maximum atomic E-state index is 12.5. The second-order valence-corrected chi connectivity index (χ2v) is 9.86. The first-order chi connectivity index (χ1) is 13.0. The van der Waals surface area contributed by atoms with Crippen molar-refractivity contribution in [2.45, 2.75) is 25.7 Å². The number of benzene rings is 2. The lowest BCUT2D eigenvalue weighted by Gasteiger charge is -2.18. The SMILES string of the molecule is CC(C)(C)CNC(=O)COc1ccc(S(=O)(=O)Nc2ccc(Cl)cc2)cc1Cl. The second kappa shape index (κ2) is 9.03. The zero-order chi connectivity index (χ0) is 20.9. The van der Waals surface area contributed by atoms with E-state index >= 15 is 0 Å². The third-order valence-electron chi connectivity index (χ3n) is 3.48. The smallest absolute Gasteiger partial charge is 0.261 e. The van der Waals surface area contributed by atoms with Gasteiger partial charge in [0.25, 0.3) is 15.9 Å². The van der Waals surface area contributed by atoms with E-state index in [1.54, 1.807) is 24.3 Å². The van der Waals surface area contributed by atoms with Gasteiger partial charge in [0.05, 0.1) is 9.92 Å². The molecular formula is C19H22Cl2N2O4S. The van der Waals surface area contributed by atoms with Crippen molar-refractivity contribution in [3.63, 3.8) is 0 Å². The molecule has 9 heteroatoms. The van der Waals surface area contributed by atoms with Crippen molar-refractivity contribution in [2.24, 2.45) is 5.41 Å². The van der Waals surface area contributed by atoms with Crippen molar-refractivity contribution < 1.29 is 17.9 Å². The Kier molecular flexibility index (Phi) is 7.20. The summed E-state index contributed by atoms with van der Waals surface area (Å²) in [5.74, 6) is -0.0647. The van der Waals surface area contributed by atoms with Crippen LogP contribution in [0.15, 0.2) is 47.4 Å². The monoisotopic (exact) mass is 444 g/mol. The number of sulfonamides is 1. The van der Waals surface area contributed by atoms with Crippen molar-refractivity contribution in [3.8, 4) is 5.75 Å². The molecule has 0 spiro atoms. The number of anilines is 1. The van der Waals surface area contributed by atoms with Gasteiger partial charge in [-0.25, -0.2) is 8.42 Å². The molecule has 0 heterocycles. The maximum Gasteiger partial charge on any atom is 0.261 e. The van der Waals surface area contributed by atoms with Gasteiger partial charge in [-0.15, -0.1) is 0 Å². The molecule has 0 aliphatic heterocycles. The summed E-state index contributed by atoms with van der Waals surface area (Å²) < 4.78 is 32.8. The summed E-state index contributed by atoms with van der Waals surface area (Å²) in [4.78, 5) is 11.8. The Morgan fingerprint density at radius 3 is 2.29 bits per heavy atom. The van der Waals surface area contributed by atoms with Crippen molar-refractivity contribution in [1.29, 1.82) is 0 Å². The number of hydrogen-bond donors (Lipinski definition) is 2. The quantitative estimate of drug-likeness (QED) is 0.664. The minimum Gasteiger partial charge on any atom is -0.482 e. The van der Waals surface area contributed by atoms with E-state index in [1.807, 2.05) is 20.8 Å². The number of hydrogen-bond acceptors (Lipinski definition) is 4. The minimum absolute atomic E-state index is 0.0306. The predicted molar refractivity (Wildman–Crippen MR) is 112 cm³/mol. The van der Waals surface area contributed by atoms with Crippen LogP contribution in [0.5, 0.6) is 5.75 Å². The highest BCUT2D eigenvalue weighted by atomic mass is 35.5.